The number of esters is 1. The molecule has 86 valence electrons. The Hall–Kier alpha value is -2.18. The first-order valence-corrected chi connectivity index (χ1v) is 4.18. The molecule has 0 fully saturated rings. The summed E-state index contributed by atoms with van der Waals surface area (Å²) in [5.74, 6) is -1.57. The molecule has 16 heavy (non-hydrogen) atoms. The summed E-state index contributed by atoms with van der Waals surface area (Å²) >= 11 is 0. The van der Waals surface area contributed by atoms with Crippen molar-refractivity contribution in [2.45, 2.75) is 0 Å². The molecule has 0 N–H and O–H groups in total. The van der Waals surface area contributed by atoms with E-state index in [0.717, 1.165) is 12.1 Å². The van der Waals surface area contributed by atoms with Crippen molar-refractivity contribution >= 4 is 11.7 Å². The summed E-state index contributed by atoms with van der Waals surface area (Å²) in [5.41, 5.74) is -0.706. The van der Waals surface area contributed by atoms with Gasteiger partial charge in [0, 0.05) is 0 Å². The lowest BCUT2D eigenvalue weighted by Crippen LogP contribution is -2.12. The first kappa shape index (κ1) is 11.9. The molecule has 0 bridgehead atoms. The summed E-state index contributed by atoms with van der Waals surface area (Å²) in [6, 6.07) is 2.98. The molecule has 0 amide bonds. The molecule has 1 rings (SSSR count). The van der Waals surface area contributed by atoms with Crippen molar-refractivity contribution in [3.05, 3.63) is 34.1 Å². The molecule has 0 aromatic heterocycles. The van der Waals surface area contributed by atoms with Crippen LogP contribution in [-0.4, -0.2) is 24.6 Å². The van der Waals surface area contributed by atoms with E-state index in [4.69, 9.17) is 4.74 Å². The van der Waals surface area contributed by atoms with E-state index in [1.165, 1.54) is 13.2 Å². The van der Waals surface area contributed by atoms with Gasteiger partial charge >= 0.3 is 11.7 Å². The lowest BCUT2D eigenvalue weighted by Gasteiger charge is -2.04. The predicted molar refractivity (Wildman–Crippen MR) is 50.6 cm³/mol. The number of ether oxygens (including phenoxy) is 2. The summed E-state index contributed by atoms with van der Waals surface area (Å²) in [5, 5.41) is 10.4. The standard InChI is InChI=1S/C9H8FNO5/c1-15-9(12)5-16-6-2-3-7(10)8(4-6)11(13)14/h2-4H,5H2,1H3. The van der Waals surface area contributed by atoms with E-state index in [1.54, 1.807) is 0 Å². The van der Waals surface area contributed by atoms with Gasteiger partial charge in [0.2, 0.25) is 5.82 Å². The largest absolute Gasteiger partial charge is 0.482 e. The molecule has 0 saturated carbocycles. The molecule has 6 nitrogen and oxygen atoms in total. The molecule has 0 unspecified atom stereocenters. The molecule has 0 saturated heterocycles. The first-order valence-electron chi connectivity index (χ1n) is 4.18. The molecule has 0 aliphatic rings. The topological polar surface area (TPSA) is 78.7 Å². The van der Waals surface area contributed by atoms with Crippen LogP contribution >= 0.6 is 0 Å². The summed E-state index contributed by atoms with van der Waals surface area (Å²) in [7, 11) is 1.18. The molecule has 0 aliphatic heterocycles. The summed E-state index contributed by atoms with van der Waals surface area (Å²) in [6.07, 6.45) is 0. The fourth-order valence-electron chi connectivity index (χ4n) is 0.923. The molecule has 0 heterocycles. The minimum Gasteiger partial charge on any atom is -0.482 e. The first-order chi connectivity index (χ1) is 7.54. The summed E-state index contributed by atoms with van der Waals surface area (Å²) < 4.78 is 22.1. The van der Waals surface area contributed by atoms with Gasteiger partial charge in [-0.05, 0) is 12.1 Å². The highest BCUT2D eigenvalue weighted by Crippen LogP contribution is 2.23. The highest BCUT2D eigenvalue weighted by molar-refractivity contribution is 5.70. The van der Waals surface area contributed by atoms with Crippen LogP contribution in [0.1, 0.15) is 0 Å². The van der Waals surface area contributed by atoms with Crippen molar-refractivity contribution in [2.75, 3.05) is 13.7 Å². The number of carbonyl (C=O) groups excluding carboxylic acids is 1. The maximum atomic E-state index is 12.9. The average molecular weight is 229 g/mol. The Kier molecular flexibility index (Phi) is 3.76. The minimum atomic E-state index is -0.963. The maximum Gasteiger partial charge on any atom is 0.343 e. The van der Waals surface area contributed by atoms with Crippen molar-refractivity contribution in [2.24, 2.45) is 0 Å². The predicted octanol–water partition coefficient (Wildman–Crippen LogP) is 1.29. The van der Waals surface area contributed by atoms with Crippen LogP contribution in [0.3, 0.4) is 0 Å². The smallest absolute Gasteiger partial charge is 0.343 e. The van der Waals surface area contributed by atoms with E-state index in [1.807, 2.05) is 0 Å². The third-order valence-corrected chi connectivity index (χ3v) is 1.70. The third-order valence-electron chi connectivity index (χ3n) is 1.70. The molecule has 7 heteroatoms. The molecule has 0 spiro atoms. The second kappa shape index (κ2) is 5.06. The average Bonchev–Trinajstić information content (AvgIpc) is 2.27. The monoisotopic (exact) mass is 229 g/mol. The number of halogens is 1. The second-order valence-corrected chi connectivity index (χ2v) is 2.74. The van der Waals surface area contributed by atoms with Crippen LogP contribution in [0.2, 0.25) is 0 Å². The molecule has 1 aromatic rings. The maximum absolute atomic E-state index is 12.9. The molecule has 0 radical (unpaired) electrons. The highest BCUT2D eigenvalue weighted by atomic mass is 19.1. The highest BCUT2D eigenvalue weighted by Gasteiger charge is 2.15. The van der Waals surface area contributed by atoms with Crippen LogP contribution in [0.4, 0.5) is 10.1 Å². The quantitative estimate of drug-likeness (QED) is 0.441. The number of methoxy groups -OCH3 is 1. The molecular weight excluding hydrogens is 221 g/mol. The van der Waals surface area contributed by atoms with E-state index in [2.05, 4.69) is 4.74 Å². The van der Waals surface area contributed by atoms with E-state index in [-0.39, 0.29) is 12.4 Å². The Morgan fingerprint density at radius 1 is 1.56 bits per heavy atom. The number of rotatable bonds is 4. The summed E-state index contributed by atoms with van der Waals surface area (Å²) in [6.45, 7) is -0.390. The van der Waals surface area contributed by atoms with E-state index < -0.39 is 22.4 Å². The molecule has 0 aliphatic carbocycles. The number of carbonyl (C=O) groups is 1. The Labute approximate surface area is 89.7 Å². The van der Waals surface area contributed by atoms with Crippen LogP contribution in [-0.2, 0) is 9.53 Å². The van der Waals surface area contributed by atoms with Crippen molar-refractivity contribution < 1.29 is 23.6 Å². The zero-order chi connectivity index (χ0) is 12.1. The van der Waals surface area contributed by atoms with Gasteiger partial charge in [-0.25, -0.2) is 4.79 Å². The third kappa shape index (κ3) is 2.91. The zero-order valence-corrected chi connectivity index (χ0v) is 8.31. The van der Waals surface area contributed by atoms with Gasteiger partial charge in [-0.2, -0.15) is 4.39 Å². The molecule has 1 aromatic carbocycles. The Bertz CT molecular complexity index is 420. The van der Waals surface area contributed by atoms with Crippen molar-refractivity contribution in [3.8, 4) is 5.75 Å². The van der Waals surface area contributed by atoms with Gasteiger partial charge in [-0.3, -0.25) is 10.1 Å². The SMILES string of the molecule is COC(=O)COc1ccc(F)c([N+](=O)[O-])c1. The van der Waals surface area contributed by atoms with E-state index >= 15 is 0 Å². The van der Waals surface area contributed by atoms with Gasteiger partial charge in [0.15, 0.2) is 6.61 Å². The van der Waals surface area contributed by atoms with Crippen molar-refractivity contribution in [1.82, 2.24) is 0 Å². The number of nitrogens with zero attached hydrogens (tertiary/aromatic N) is 1. The van der Waals surface area contributed by atoms with Gasteiger partial charge in [-0.1, -0.05) is 0 Å². The number of nitro benzene ring substituents is 1. The number of nitro groups is 1. The van der Waals surface area contributed by atoms with Crippen LogP contribution in [0.15, 0.2) is 18.2 Å². The minimum absolute atomic E-state index is 0.0264. The van der Waals surface area contributed by atoms with E-state index in [0.29, 0.717) is 0 Å². The molecular formula is C9H8FNO5. The van der Waals surface area contributed by atoms with Gasteiger partial charge in [0.1, 0.15) is 5.75 Å². The van der Waals surface area contributed by atoms with Crippen LogP contribution in [0.25, 0.3) is 0 Å². The van der Waals surface area contributed by atoms with Crippen LogP contribution < -0.4 is 4.74 Å². The summed E-state index contributed by atoms with van der Waals surface area (Å²) in [4.78, 5) is 20.2. The lowest BCUT2D eigenvalue weighted by atomic mass is 10.3. The van der Waals surface area contributed by atoms with Gasteiger partial charge in [0.05, 0.1) is 18.1 Å². The number of benzene rings is 1. The normalized spacial score (nSPS) is 9.62. The van der Waals surface area contributed by atoms with E-state index in [9.17, 15) is 19.3 Å². The number of hydrogen-bond donors (Lipinski definition) is 0. The second-order valence-electron chi connectivity index (χ2n) is 2.74. The Balaban J connectivity index is 2.79. The Morgan fingerprint density at radius 2 is 2.25 bits per heavy atom. The van der Waals surface area contributed by atoms with Crippen LogP contribution in [0.5, 0.6) is 5.75 Å². The van der Waals surface area contributed by atoms with Gasteiger partial charge in [-0.15, -0.1) is 0 Å². The Morgan fingerprint density at radius 3 is 2.81 bits per heavy atom. The van der Waals surface area contributed by atoms with Gasteiger partial charge < -0.3 is 9.47 Å². The fraction of sp³-hybridized carbons (Fsp3) is 0.222. The zero-order valence-electron chi connectivity index (χ0n) is 8.31. The fourth-order valence-corrected chi connectivity index (χ4v) is 0.923. The number of hydrogen-bond acceptors (Lipinski definition) is 5. The van der Waals surface area contributed by atoms with Crippen molar-refractivity contribution in [3.63, 3.8) is 0 Å². The van der Waals surface area contributed by atoms with Gasteiger partial charge in [0.25, 0.3) is 0 Å². The van der Waals surface area contributed by atoms with Crippen LogP contribution in [0, 0.1) is 15.9 Å². The lowest BCUT2D eigenvalue weighted by molar-refractivity contribution is -0.387. The molecule has 0 atom stereocenters. The van der Waals surface area contributed by atoms with Crippen molar-refractivity contribution in [1.29, 1.82) is 0 Å².